The molecule has 0 saturated carbocycles. The summed E-state index contributed by atoms with van der Waals surface area (Å²) >= 11 is 0. The van der Waals surface area contributed by atoms with E-state index in [-0.39, 0.29) is 11.8 Å². The second kappa shape index (κ2) is 6.32. The van der Waals surface area contributed by atoms with Gasteiger partial charge in [-0.05, 0) is 32.9 Å². The monoisotopic (exact) mass is 275 g/mol. The van der Waals surface area contributed by atoms with Crippen LogP contribution < -0.4 is 10.1 Å². The number of anilines is 1. The summed E-state index contributed by atoms with van der Waals surface area (Å²) in [7, 11) is 0. The fraction of sp³-hybridized carbons (Fsp3) is 0.333. The standard InChI is InChI=1S/C15H18FN3O/c1-4-17-15-18-9-12(16)14(19-15)11-7-5-6-8-13(11)20-10(2)3/h5-10H,4H2,1-3H3,(H,17,18,19). The van der Waals surface area contributed by atoms with Gasteiger partial charge in [0.25, 0.3) is 0 Å². The lowest BCUT2D eigenvalue weighted by Crippen LogP contribution is -2.08. The molecular formula is C15H18FN3O. The number of hydrogen-bond acceptors (Lipinski definition) is 4. The molecule has 20 heavy (non-hydrogen) atoms. The molecule has 0 saturated heterocycles. The first-order valence-corrected chi connectivity index (χ1v) is 6.64. The Hall–Kier alpha value is -2.17. The van der Waals surface area contributed by atoms with Crippen molar-refractivity contribution in [2.75, 3.05) is 11.9 Å². The van der Waals surface area contributed by atoms with Gasteiger partial charge in [0.15, 0.2) is 5.82 Å². The normalized spacial score (nSPS) is 10.7. The third-order valence-corrected chi connectivity index (χ3v) is 2.58. The number of ether oxygens (including phenoxy) is 1. The zero-order valence-electron chi connectivity index (χ0n) is 11.9. The van der Waals surface area contributed by atoms with Crippen LogP contribution in [0.5, 0.6) is 5.75 Å². The third-order valence-electron chi connectivity index (χ3n) is 2.58. The van der Waals surface area contributed by atoms with Crippen LogP contribution >= 0.6 is 0 Å². The van der Waals surface area contributed by atoms with Crippen molar-refractivity contribution in [2.24, 2.45) is 0 Å². The fourth-order valence-electron chi connectivity index (χ4n) is 1.82. The number of halogens is 1. The number of benzene rings is 1. The van der Waals surface area contributed by atoms with Crippen molar-refractivity contribution >= 4 is 5.95 Å². The molecule has 1 aromatic carbocycles. The van der Waals surface area contributed by atoms with E-state index in [0.717, 1.165) is 0 Å². The average Bonchev–Trinajstić information content (AvgIpc) is 2.41. The molecule has 0 aliphatic rings. The Balaban J connectivity index is 2.47. The molecule has 0 aliphatic heterocycles. The van der Waals surface area contributed by atoms with Gasteiger partial charge in [-0.2, -0.15) is 0 Å². The Morgan fingerprint density at radius 1 is 1.30 bits per heavy atom. The van der Waals surface area contributed by atoms with Crippen LogP contribution in [0, 0.1) is 5.82 Å². The number of hydrogen-bond donors (Lipinski definition) is 1. The lowest BCUT2D eigenvalue weighted by molar-refractivity contribution is 0.243. The van der Waals surface area contributed by atoms with E-state index in [1.165, 1.54) is 6.20 Å². The molecule has 4 nitrogen and oxygen atoms in total. The molecule has 0 atom stereocenters. The molecule has 0 unspecified atom stereocenters. The summed E-state index contributed by atoms with van der Waals surface area (Å²) in [5, 5.41) is 2.98. The van der Waals surface area contributed by atoms with E-state index >= 15 is 0 Å². The van der Waals surface area contributed by atoms with Crippen LogP contribution in [-0.4, -0.2) is 22.6 Å². The summed E-state index contributed by atoms with van der Waals surface area (Å²) < 4.78 is 19.7. The number of aromatic nitrogens is 2. The molecule has 0 spiro atoms. The predicted octanol–water partition coefficient (Wildman–Crippen LogP) is 3.50. The molecule has 0 bridgehead atoms. The van der Waals surface area contributed by atoms with Gasteiger partial charge in [-0.25, -0.2) is 14.4 Å². The van der Waals surface area contributed by atoms with Gasteiger partial charge in [-0.1, -0.05) is 12.1 Å². The molecule has 1 heterocycles. The molecule has 0 radical (unpaired) electrons. The molecular weight excluding hydrogens is 257 g/mol. The van der Waals surface area contributed by atoms with Gasteiger partial charge in [-0.3, -0.25) is 0 Å². The molecule has 0 amide bonds. The summed E-state index contributed by atoms with van der Waals surface area (Å²) in [6.45, 7) is 6.46. The minimum atomic E-state index is -0.466. The van der Waals surface area contributed by atoms with Crippen LogP contribution in [0.25, 0.3) is 11.3 Å². The summed E-state index contributed by atoms with van der Waals surface area (Å²) in [4.78, 5) is 8.13. The second-order valence-corrected chi connectivity index (χ2v) is 4.58. The first kappa shape index (κ1) is 14.2. The van der Waals surface area contributed by atoms with E-state index in [1.807, 2.05) is 39.0 Å². The first-order chi connectivity index (χ1) is 9.61. The van der Waals surface area contributed by atoms with E-state index in [0.29, 0.717) is 23.8 Å². The fourth-order valence-corrected chi connectivity index (χ4v) is 1.82. The van der Waals surface area contributed by atoms with E-state index < -0.39 is 5.82 Å². The molecule has 2 aromatic rings. The Bertz CT molecular complexity index is 587. The number of rotatable bonds is 5. The SMILES string of the molecule is CCNc1ncc(F)c(-c2ccccc2OC(C)C)n1. The summed E-state index contributed by atoms with van der Waals surface area (Å²) in [6.07, 6.45) is 1.18. The number of nitrogens with zero attached hydrogens (tertiary/aromatic N) is 2. The molecule has 106 valence electrons. The van der Waals surface area contributed by atoms with Crippen molar-refractivity contribution in [3.8, 4) is 17.0 Å². The Morgan fingerprint density at radius 2 is 2.05 bits per heavy atom. The highest BCUT2D eigenvalue weighted by Crippen LogP contribution is 2.31. The highest BCUT2D eigenvalue weighted by atomic mass is 19.1. The maximum absolute atomic E-state index is 14.0. The lowest BCUT2D eigenvalue weighted by atomic mass is 10.1. The maximum Gasteiger partial charge on any atom is 0.223 e. The van der Waals surface area contributed by atoms with Crippen molar-refractivity contribution < 1.29 is 9.13 Å². The van der Waals surface area contributed by atoms with Crippen LogP contribution in [0.2, 0.25) is 0 Å². The predicted molar refractivity (Wildman–Crippen MR) is 77.4 cm³/mol. The molecule has 0 aliphatic carbocycles. The van der Waals surface area contributed by atoms with E-state index in [2.05, 4.69) is 15.3 Å². The smallest absolute Gasteiger partial charge is 0.223 e. The zero-order valence-corrected chi connectivity index (χ0v) is 11.9. The molecule has 1 N–H and O–H groups in total. The number of nitrogens with one attached hydrogen (secondary N) is 1. The van der Waals surface area contributed by atoms with Gasteiger partial charge >= 0.3 is 0 Å². The topological polar surface area (TPSA) is 47.0 Å². The highest BCUT2D eigenvalue weighted by molar-refractivity contribution is 5.68. The number of para-hydroxylation sites is 1. The largest absolute Gasteiger partial charge is 0.490 e. The van der Waals surface area contributed by atoms with Crippen molar-refractivity contribution in [1.82, 2.24) is 9.97 Å². The van der Waals surface area contributed by atoms with Gasteiger partial charge in [0.05, 0.1) is 12.3 Å². The molecule has 2 rings (SSSR count). The van der Waals surface area contributed by atoms with Crippen molar-refractivity contribution in [1.29, 1.82) is 0 Å². The van der Waals surface area contributed by atoms with Gasteiger partial charge in [0.2, 0.25) is 5.95 Å². The average molecular weight is 275 g/mol. The van der Waals surface area contributed by atoms with E-state index in [1.54, 1.807) is 6.07 Å². The van der Waals surface area contributed by atoms with Gasteiger partial charge in [0.1, 0.15) is 11.4 Å². The highest BCUT2D eigenvalue weighted by Gasteiger charge is 2.14. The zero-order chi connectivity index (χ0) is 14.5. The minimum Gasteiger partial charge on any atom is -0.490 e. The summed E-state index contributed by atoms with van der Waals surface area (Å²) in [5.41, 5.74) is 0.868. The molecule has 5 heteroatoms. The maximum atomic E-state index is 14.0. The Labute approximate surface area is 118 Å². The lowest BCUT2D eigenvalue weighted by Gasteiger charge is -2.14. The Morgan fingerprint density at radius 3 is 2.75 bits per heavy atom. The summed E-state index contributed by atoms with van der Waals surface area (Å²) in [5.74, 6) is 0.553. The van der Waals surface area contributed by atoms with Gasteiger partial charge in [0, 0.05) is 12.1 Å². The first-order valence-electron chi connectivity index (χ1n) is 6.64. The molecule has 0 fully saturated rings. The van der Waals surface area contributed by atoms with Crippen molar-refractivity contribution in [3.05, 3.63) is 36.3 Å². The summed E-state index contributed by atoms with van der Waals surface area (Å²) in [6, 6.07) is 7.28. The van der Waals surface area contributed by atoms with Gasteiger partial charge < -0.3 is 10.1 Å². The van der Waals surface area contributed by atoms with E-state index in [9.17, 15) is 4.39 Å². The minimum absolute atomic E-state index is 0.00860. The quantitative estimate of drug-likeness (QED) is 0.907. The van der Waals surface area contributed by atoms with Crippen LogP contribution in [0.3, 0.4) is 0 Å². The van der Waals surface area contributed by atoms with Crippen LogP contribution in [0.1, 0.15) is 20.8 Å². The second-order valence-electron chi connectivity index (χ2n) is 4.58. The van der Waals surface area contributed by atoms with Crippen molar-refractivity contribution in [3.63, 3.8) is 0 Å². The van der Waals surface area contributed by atoms with E-state index in [4.69, 9.17) is 4.74 Å². The molecule has 1 aromatic heterocycles. The third kappa shape index (κ3) is 3.23. The van der Waals surface area contributed by atoms with Crippen LogP contribution in [-0.2, 0) is 0 Å². The van der Waals surface area contributed by atoms with Crippen LogP contribution in [0.15, 0.2) is 30.5 Å². The van der Waals surface area contributed by atoms with Crippen LogP contribution in [0.4, 0.5) is 10.3 Å². The Kier molecular flexibility index (Phi) is 4.50. The van der Waals surface area contributed by atoms with Crippen molar-refractivity contribution in [2.45, 2.75) is 26.9 Å². The van der Waals surface area contributed by atoms with Gasteiger partial charge in [-0.15, -0.1) is 0 Å².